The SMILES string of the molecule is COc1ccc(Cn2c(C(=O)O)c(CNC3CCC(C)CC3)c3ccccc32)cc1. The average molecular weight is 407 g/mol. The summed E-state index contributed by atoms with van der Waals surface area (Å²) in [7, 11) is 1.64. The summed E-state index contributed by atoms with van der Waals surface area (Å²) in [5.74, 6) is 0.707. The first-order chi connectivity index (χ1) is 14.6. The molecule has 1 saturated carbocycles. The van der Waals surface area contributed by atoms with Crippen LogP contribution in [0.5, 0.6) is 5.75 Å². The standard InChI is InChI=1S/C25H30N2O3/c1-17-7-11-19(12-8-17)26-15-22-21-5-3-4-6-23(21)27(24(22)25(28)29)16-18-9-13-20(30-2)14-10-18/h3-6,9-10,13-14,17,19,26H,7-8,11-12,15-16H2,1-2H3,(H,28,29). The van der Waals surface area contributed by atoms with E-state index in [-0.39, 0.29) is 0 Å². The van der Waals surface area contributed by atoms with E-state index >= 15 is 0 Å². The highest BCUT2D eigenvalue weighted by atomic mass is 16.5. The van der Waals surface area contributed by atoms with Crippen LogP contribution in [0.2, 0.25) is 0 Å². The van der Waals surface area contributed by atoms with Gasteiger partial charge >= 0.3 is 5.97 Å². The number of aromatic carboxylic acids is 1. The number of para-hydroxylation sites is 1. The molecule has 30 heavy (non-hydrogen) atoms. The van der Waals surface area contributed by atoms with E-state index in [4.69, 9.17) is 4.74 Å². The average Bonchev–Trinajstić information content (AvgIpc) is 3.07. The predicted octanol–water partition coefficient (Wildman–Crippen LogP) is 5.06. The lowest BCUT2D eigenvalue weighted by Gasteiger charge is -2.27. The summed E-state index contributed by atoms with van der Waals surface area (Å²) in [5.41, 5.74) is 3.26. The van der Waals surface area contributed by atoms with Crippen molar-refractivity contribution >= 4 is 16.9 Å². The Kier molecular flexibility index (Phi) is 6.09. The van der Waals surface area contributed by atoms with Crippen molar-refractivity contribution in [3.63, 3.8) is 0 Å². The molecule has 0 saturated heterocycles. The van der Waals surface area contributed by atoms with E-state index in [9.17, 15) is 9.90 Å². The number of carboxylic acids is 1. The summed E-state index contributed by atoms with van der Waals surface area (Å²) < 4.78 is 7.17. The van der Waals surface area contributed by atoms with Crippen LogP contribution < -0.4 is 10.1 Å². The third kappa shape index (κ3) is 4.21. The van der Waals surface area contributed by atoms with Crippen LogP contribution in [-0.2, 0) is 13.1 Å². The lowest BCUT2D eigenvalue weighted by atomic mass is 9.87. The molecule has 0 aliphatic heterocycles. The molecule has 2 N–H and O–H groups in total. The number of ether oxygens (including phenoxy) is 1. The third-order valence-electron chi connectivity index (χ3n) is 6.36. The first kappa shape index (κ1) is 20.5. The van der Waals surface area contributed by atoms with Gasteiger partial charge in [-0.15, -0.1) is 0 Å². The van der Waals surface area contributed by atoms with Crippen LogP contribution >= 0.6 is 0 Å². The van der Waals surface area contributed by atoms with Gasteiger partial charge in [0, 0.05) is 35.6 Å². The Bertz CT molecular complexity index is 1010. The van der Waals surface area contributed by atoms with Crippen molar-refractivity contribution in [1.29, 1.82) is 0 Å². The van der Waals surface area contributed by atoms with Gasteiger partial charge < -0.3 is 19.7 Å². The second-order valence-electron chi connectivity index (χ2n) is 8.42. The molecule has 5 nitrogen and oxygen atoms in total. The van der Waals surface area contributed by atoms with Gasteiger partial charge in [-0.05, 0) is 55.4 Å². The Morgan fingerprint density at radius 1 is 1.10 bits per heavy atom. The highest BCUT2D eigenvalue weighted by Gasteiger charge is 2.24. The number of hydrogen-bond acceptors (Lipinski definition) is 3. The molecule has 0 unspecified atom stereocenters. The van der Waals surface area contributed by atoms with E-state index in [2.05, 4.69) is 12.2 Å². The number of carbonyl (C=O) groups is 1. The van der Waals surface area contributed by atoms with E-state index in [1.54, 1.807) is 7.11 Å². The lowest BCUT2D eigenvalue weighted by Crippen LogP contribution is -2.32. The molecule has 1 aliphatic rings. The summed E-state index contributed by atoms with van der Waals surface area (Å²) in [6, 6.07) is 16.3. The molecule has 0 atom stereocenters. The fourth-order valence-electron chi connectivity index (χ4n) is 4.59. The number of fused-ring (bicyclic) bond motifs is 1. The van der Waals surface area contributed by atoms with E-state index in [0.717, 1.165) is 46.5 Å². The minimum Gasteiger partial charge on any atom is -0.497 e. The quantitative estimate of drug-likeness (QED) is 0.575. The van der Waals surface area contributed by atoms with Crippen LogP contribution in [-0.4, -0.2) is 28.8 Å². The molecule has 1 aromatic heterocycles. The van der Waals surface area contributed by atoms with Crippen molar-refractivity contribution in [3.05, 3.63) is 65.4 Å². The maximum atomic E-state index is 12.3. The van der Waals surface area contributed by atoms with E-state index in [1.165, 1.54) is 12.8 Å². The molecule has 0 spiro atoms. The molecule has 0 bridgehead atoms. The van der Waals surface area contributed by atoms with Gasteiger partial charge in [0.2, 0.25) is 0 Å². The van der Waals surface area contributed by atoms with Crippen molar-refractivity contribution < 1.29 is 14.6 Å². The molecular weight excluding hydrogens is 376 g/mol. The Labute approximate surface area is 177 Å². The Hall–Kier alpha value is -2.79. The first-order valence-corrected chi connectivity index (χ1v) is 10.8. The summed E-state index contributed by atoms with van der Waals surface area (Å²) in [6.07, 6.45) is 4.80. The van der Waals surface area contributed by atoms with Gasteiger partial charge in [-0.25, -0.2) is 4.79 Å². The molecule has 0 amide bonds. The molecule has 1 fully saturated rings. The number of hydrogen-bond donors (Lipinski definition) is 2. The fraction of sp³-hybridized carbons (Fsp3) is 0.400. The van der Waals surface area contributed by atoms with Crippen LogP contribution in [0.3, 0.4) is 0 Å². The number of nitrogens with one attached hydrogen (secondary N) is 1. The molecule has 1 heterocycles. The Morgan fingerprint density at radius 3 is 2.47 bits per heavy atom. The number of methoxy groups -OCH3 is 1. The van der Waals surface area contributed by atoms with Crippen molar-refractivity contribution in [3.8, 4) is 5.75 Å². The number of rotatable bonds is 7. The largest absolute Gasteiger partial charge is 0.497 e. The predicted molar refractivity (Wildman–Crippen MR) is 119 cm³/mol. The second-order valence-corrected chi connectivity index (χ2v) is 8.42. The topological polar surface area (TPSA) is 63.5 Å². The summed E-state index contributed by atoms with van der Waals surface area (Å²) in [5, 5.41) is 14.8. The monoisotopic (exact) mass is 406 g/mol. The zero-order valence-corrected chi connectivity index (χ0v) is 17.7. The maximum Gasteiger partial charge on any atom is 0.352 e. The van der Waals surface area contributed by atoms with Crippen LogP contribution in [0.1, 0.15) is 54.2 Å². The third-order valence-corrected chi connectivity index (χ3v) is 6.36. The maximum absolute atomic E-state index is 12.3. The molecular formula is C25H30N2O3. The van der Waals surface area contributed by atoms with E-state index in [1.807, 2.05) is 53.1 Å². The van der Waals surface area contributed by atoms with Crippen LogP contribution in [0.4, 0.5) is 0 Å². The minimum absolute atomic E-state index is 0.378. The number of nitrogens with zero attached hydrogens (tertiary/aromatic N) is 1. The number of aromatic nitrogens is 1. The molecule has 158 valence electrons. The van der Waals surface area contributed by atoms with Crippen molar-refractivity contribution in [1.82, 2.24) is 9.88 Å². The molecule has 3 aromatic rings. The van der Waals surface area contributed by atoms with Gasteiger partial charge in [0.05, 0.1) is 7.11 Å². The minimum atomic E-state index is -0.881. The highest BCUT2D eigenvalue weighted by molar-refractivity contribution is 5.98. The highest BCUT2D eigenvalue weighted by Crippen LogP contribution is 2.29. The molecule has 4 rings (SSSR count). The van der Waals surface area contributed by atoms with Crippen LogP contribution in [0, 0.1) is 5.92 Å². The van der Waals surface area contributed by atoms with Gasteiger partial charge in [0.25, 0.3) is 0 Å². The van der Waals surface area contributed by atoms with Gasteiger partial charge in [0.15, 0.2) is 0 Å². The van der Waals surface area contributed by atoms with Crippen LogP contribution in [0.25, 0.3) is 10.9 Å². The zero-order valence-electron chi connectivity index (χ0n) is 17.7. The molecule has 2 aromatic carbocycles. The normalized spacial score (nSPS) is 19.1. The van der Waals surface area contributed by atoms with Crippen molar-refractivity contribution in [2.45, 2.75) is 51.7 Å². The fourth-order valence-corrected chi connectivity index (χ4v) is 4.59. The molecule has 0 radical (unpaired) electrons. The second kappa shape index (κ2) is 8.92. The molecule has 5 heteroatoms. The summed E-state index contributed by atoms with van der Waals surface area (Å²) >= 11 is 0. The number of carboxylic acid groups (broad SMARTS) is 1. The van der Waals surface area contributed by atoms with Crippen molar-refractivity contribution in [2.24, 2.45) is 5.92 Å². The van der Waals surface area contributed by atoms with Gasteiger partial charge in [0.1, 0.15) is 11.4 Å². The Balaban J connectivity index is 1.67. The van der Waals surface area contributed by atoms with Crippen molar-refractivity contribution in [2.75, 3.05) is 7.11 Å². The van der Waals surface area contributed by atoms with Crippen LogP contribution in [0.15, 0.2) is 48.5 Å². The first-order valence-electron chi connectivity index (χ1n) is 10.8. The Morgan fingerprint density at radius 2 is 1.80 bits per heavy atom. The van der Waals surface area contributed by atoms with E-state index in [0.29, 0.717) is 24.8 Å². The summed E-state index contributed by atoms with van der Waals surface area (Å²) in [6.45, 7) is 3.40. The van der Waals surface area contributed by atoms with Gasteiger partial charge in [-0.2, -0.15) is 0 Å². The van der Waals surface area contributed by atoms with E-state index < -0.39 is 5.97 Å². The smallest absolute Gasteiger partial charge is 0.352 e. The summed E-state index contributed by atoms with van der Waals surface area (Å²) in [4.78, 5) is 12.3. The lowest BCUT2D eigenvalue weighted by molar-refractivity contribution is 0.0684. The molecule has 1 aliphatic carbocycles. The van der Waals surface area contributed by atoms with Gasteiger partial charge in [-0.3, -0.25) is 0 Å². The zero-order chi connectivity index (χ0) is 21.1. The number of benzene rings is 2. The van der Waals surface area contributed by atoms with Gasteiger partial charge in [-0.1, -0.05) is 37.3 Å².